The molecule has 92 valence electrons. The van der Waals surface area contributed by atoms with E-state index in [1.165, 1.54) is 0 Å². The zero-order valence-electron chi connectivity index (χ0n) is 8.55. The Kier molecular flexibility index (Phi) is 5.91. The molecule has 8 nitrogen and oxygen atoms in total. The standard InChI is InChI=1S/C7H10N2O2.H3O4P/c1-8-4-5-9(6-8)3-2-7(10)11;1-5(2,3)4/h4-6H,2-3H2,1H3;(H3,1,2,3,4). The zero-order chi connectivity index (χ0) is 12.8. The molecule has 1 aromatic heterocycles. The van der Waals surface area contributed by atoms with E-state index in [4.69, 9.17) is 24.4 Å². The van der Waals surface area contributed by atoms with E-state index >= 15 is 0 Å². The molecule has 9 heteroatoms. The van der Waals surface area contributed by atoms with E-state index in [2.05, 4.69) is 0 Å². The van der Waals surface area contributed by atoms with Gasteiger partial charge in [0.2, 0.25) is 6.33 Å². The maximum atomic E-state index is 10.2. The SMILES string of the molecule is C[n+]1ccn(CCC(=O)O)c1.O=P([O-])(O)O. The summed E-state index contributed by atoms with van der Waals surface area (Å²) in [6.07, 6.45) is 5.75. The molecule has 0 unspecified atom stereocenters. The van der Waals surface area contributed by atoms with Crippen LogP contribution < -0.4 is 9.46 Å². The minimum Gasteiger partial charge on any atom is -0.756 e. The molecule has 0 aliphatic rings. The highest BCUT2D eigenvalue weighted by Crippen LogP contribution is 2.18. The highest BCUT2D eigenvalue weighted by molar-refractivity contribution is 7.43. The third-order valence-electron chi connectivity index (χ3n) is 1.41. The Labute approximate surface area is 91.6 Å². The first-order valence-electron chi connectivity index (χ1n) is 4.18. The average molecular weight is 252 g/mol. The second kappa shape index (κ2) is 6.39. The summed E-state index contributed by atoms with van der Waals surface area (Å²) in [6.45, 7) is 0.538. The van der Waals surface area contributed by atoms with Gasteiger partial charge in [-0.1, -0.05) is 0 Å². The first-order valence-corrected chi connectivity index (χ1v) is 5.71. The van der Waals surface area contributed by atoms with E-state index in [-0.39, 0.29) is 6.42 Å². The van der Waals surface area contributed by atoms with E-state index in [1.807, 2.05) is 34.9 Å². The molecular formula is C7H13N2O6P. The lowest BCUT2D eigenvalue weighted by Crippen LogP contribution is -2.23. The number of carboxylic acids is 1. The molecule has 1 aromatic rings. The third-order valence-corrected chi connectivity index (χ3v) is 1.41. The van der Waals surface area contributed by atoms with Gasteiger partial charge in [-0.15, -0.1) is 0 Å². The van der Waals surface area contributed by atoms with Crippen LogP contribution in [0, 0.1) is 0 Å². The molecule has 0 aromatic carbocycles. The van der Waals surface area contributed by atoms with E-state index in [0.29, 0.717) is 6.54 Å². The van der Waals surface area contributed by atoms with Gasteiger partial charge in [-0.25, -0.2) is 9.13 Å². The van der Waals surface area contributed by atoms with E-state index in [9.17, 15) is 4.79 Å². The summed E-state index contributed by atoms with van der Waals surface area (Å²) in [6, 6.07) is 0. The van der Waals surface area contributed by atoms with Gasteiger partial charge in [-0.05, 0) is 0 Å². The normalized spacial score (nSPS) is 10.5. The molecule has 1 heterocycles. The number of phosphoric acid groups is 1. The lowest BCUT2D eigenvalue weighted by atomic mass is 10.4. The van der Waals surface area contributed by atoms with Gasteiger partial charge in [0.05, 0.1) is 13.5 Å². The van der Waals surface area contributed by atoms with Gasteiger partial charge in [0.15, 0.2) is 0 Å². The minimum absolute atomic E-state index is 0.175. The van der Waals surface area contributed by atoms with Crippen LogP contribution in [0.1, 0.15) is 6.42 Å². The highest BCUT2D eigenvalue weighted by atomic mass is 31.2. The van der Waals surface area contributed by atoms with E-state index < -0.39 is 13.8 Å². The fourth-order valence-corrected chi connectivity index (χ4v) is 0.859. The van der Waals surface area contributed by atoms with E-state index in [0.717, 1.165) is 0 Å². The summed E-state index contributed by atoms with van der Waals surface area (Å²) in [5, 5.41) is 8.36. The highest BCUT2D eigenvalue weighted by Gasteiger charge is 2.02. The van der Waals surface area contributed by atoms with Crippen molar-refractivity contribution in [2.24, 2.45) is 7.05 Å². The number of nitrogens with zero attached hydrogens (tertiary/aromatic N) is 2. The first-order chi connectivity index (χ1) is 7.18. The van der Waals surface area contributed by atoms with Crippen LogP contribution >= 0.6 is 7.82 Å². The van der Waals surface area contributed by atoms with Crippen molar-refractivity contribution in [3.63, 3.8) is 0 Å². The van der Waals surface area contributed by atoms with Gasteiger partial charge in [0, 0.05) is 0 Å². The molecule has 0 saturated carbocycles. The second-order valence-corrected chi connectivity index (χ2v) is 3.93. The molecule has 0 radical (unpaired) electrons. The number of carboxylic acid groups (broad SMARTS) is 1. The number of hydrogen-bond acceptors (Lipinski definition) is 3. The van der Waals surface area contributed by atoms with Crippen LogP contribution in [0.4, 0.5) is 0 Å². The lowest BCUT2D eigenvalue weighted by Gasteiger charge is -2.01. The quantitative estimate of drug-likeness (QED) is 0.431. The zero-order valence-corrected chi connectivity index (χ0v) is 9.45. The van der Waals surface area contributed by atoms with Crippen LogP contribution in [0.2, 0.25) is 0 Å². The van der Waals surface area contributed by atoms with Crippen LogP contribution in [-0.4, -0.2) is 25.4 Å². The Morgan fingerprint density at radius 1 is 1.56 bits per heavy atom. The topological polar surface area (TPSA) is 127 Å². The minimum atomic E-state index is -4.89. The molecular weight excluding hydrogens is 239 g/mol. The molecule has 0 amide bonds. The van der Waals surface area contributed by atoms with Crippen molar-refractivity contribution < 1.29 is 33.7 Å². The largest absolute Gasteiger partial charge is 0.756 e. The summed E-state index contributed by atoms with van der Waals surface area (Å²) >= 11 is 0. The fourth-order valence-electron chi connectivity index (χ4n) is 0.859. The van der Waals surface area contributed by atoms with Gasteiger partial charge >= 0.3 is 5.97 Å². The molecule has 0 saturated heterocycles. The van der Waals surface area contributed by atoms with Gasteiger partial charge in [0.25, 0.3) is 7.82 Å². The van der Waals surface area contributed by atoms with Gasteiger partial charge in [-0.3, -0.25) is 9.36 Å². The van der Waals surface area contributed by atoms with Crippen LogP contribution in [0.5, 0.6) is 0 Å². The molecule has 16 heavy (non-hydrogen) atoms. The summed E-state index contributed by atoms with van der Waals surface area (Å²) in [5.74, 6) is -0.763. The van der Waals surface area contributed by atoms with Crippen molar-refractivity contribution in [3.05, 3.63) is 18.7 Å². The maximum absolute atomic E-state index is 10.2. The summed E-state index contributed by atoms with van der Waals surface area (Å²) in [5.41, 5.74) is 0. The smallest absolute Gasteiger partial charge is 0.307 e. The summed E-state index contributed by atoms with van der Waals surface area (Å²) < 4.78 is 12.5. The molecule has 3 N–H and O–H groups in total. The summed E-state index contributed by atoms with van der Waals surface area (Å²) in [7, 11) is -2.99. The number of carbonyl (C=O) groups is 1. The van der Waals surface area contributed by atoms with Crippen molar-refractivity contribution >= 4 is 13.8 Å². The van der Waals surface area contributed by atoms with Crippen molar-refractivity contribution in [1.82, 2.24) is 4.57 Å². The van der Waals surface area contributed by atoms with Crippen LogP contribution in [0.15, 0.2) is 18.7 Å². The predicted molar refractivity (Wildman–Crippen MR) is 49.9 cm³/mol. The third kappa shape index (κ3) is 10.9. The Balaban J connectivity index is 0.000000385. The number of aliphatic carboxylic acids is 1. The van der Waals surface area contributed by atoms with Crippen LogP contribution in [0.25, 0.3) is 0 Å². The monoisotopic (exact) mass is 252 g/mol. The number of aryl methyl sites for hydroxylation is 2. The molecule has 0 aliphatic heterocycles. The van der Waals surface area contributed by atoms with Gasteiger partial charge in [-0.2, -0.15) is 0 Å². The molecule has 0 aliphatic carbocycles. The predicted octanol–water partition coefficient (Wildman–Crippen LogP) is -1.77. The van der Waals surface area contributed by atoms with Crippen molar-refractivity contribution in [2.45, 2.75) is 13.0 Å². The van der Waals surface area contributed by atoms with Crippen LogP contribution in [0.3, 0.4) is 0 Å². The average Bonchev–Trinajstić information content (AvgIpc) is 2.44. The Hall–Kier alpha value is -1.21. The van der Waals surface area contributed by atoms with Gasteiger partial charge in [0.1, 0.15) is 18.9 Å². The van der Waals surface area contributed by atoms with E-state index in [1.54, 1.807) is 0 Å². The van der Waals surface area contributed by atoms with Crippen molar-refractivity contribution in [2.75, 3.05) is 0 Å². The molecule has 0 spiro atoms. The van der Waals surface area contributed by atoms with Crippen molar-refractivity contribution in [3.8, 4) is 0 Å². The molecule has 1 rings (SSSR count). The number of rotatable bonds is 3. The maximum Gasteiger partial charge on any atom is 0.307 e. The summed E-state index contributed by atoms with van der Waals surface area (Å²) in [4.78, 5) is 33.1. The fraction of sp³-hybridized carbons (Fsp3) is 0.429. The number of imidazole rings is 1. The lowest BCUT2D eigenvalue weighted by molar-refractivity contribution is -0.671. The van der Waals surface area contributed by atoms with Crippen molar-refractivity contribution in [1.29, 1.82) is 0 Å². The first kappa shape index (κ1) is 14.8. The molecule has 0 atom stereocenters. The molecule has 0 bridgehead atoms. The Morgan fingerprint density at radius 3 is 2.38 bits per heavy atom. The number of hydrogen-bond donors (Lipinski definition) is 3. The second-order valence-electron chi connectivity index (χ2n) is 2.95. The Morgan fingerprint density at radius 2 is 2.06 bits per heavy atom. The van der Waals surface area contributed by atoms with Crippen LogP contribution in [-0.2, 0) is 23.0 Å². The molecule has 0 fully saturated rings. The Bertz CT molecular complexity index is 376. The number of aromatic nitrogens is 2. The van der Waals surface area contributed by atoms with Gasteiger partial charge < -0.3 is 19.8 Å².